The molecule has 0 saturated carbocycles. The average molecular weight is 476 g/mol. The number of benzene rings is 2. The number of hydrogen-bond acceptors (Lipinski definition) is 5. The first-order valence-corrected chi connectivity index (χ1v) is 11.4. The monoisotopic (exact) mass is 475 g/mol. The van der Waals surface area contributed by atoms with Gasteiger partial charge in [0.25, 0.3) is 0 Å². The summed E-state index contributed by atoms with van der Waals surface area (Å²) in [6.45, 7) is 5.65. The second-order valence-corrected chi connectivity index (χ2v) is 9.78. The lowest BCUT2D eigenvalue weighted by atomic mass is 9.97. The summed E-state index contributed by atoms with van der Waals surface area (Å²) in [5, 5.41) is 16.0. The summed E-state index contributed by atoms with van der Waals surface area (Å²) in [5.41, 5.74) is 1.89. The van der Waals surface area contributed by atoms with Crippen LogP contribution in [0.5, 0.6) is 0 Å². The van der Waals surface area contributed by atoms with Crippen LogP contribution in [-0.2, 0) is 22.6 Å². The zero-order valence-corrected chi connectivity index (χ0v) is 19.7. The Hall–Kier alpha value is -4.08. The largest absolute Gasteiger partial charge is 0.361 e. The number of rotatable bonds is 5. The van der Waals surface area contributed by atoms with Gasteiger partial charge in [-0.15, -0.1) is 5.10 Å². The number of halogens is 1. The van der Waals surface area contributed by atoms with Crippen LogP contribution in [0.25, 0.3) is 10.9 Å². The van der Waals surface area contributed by atoms with Crippen LogP contribution in [0.3, 0.4) is 0 Å². The van der Waals surface area contributed by atoms with Crippen LogP contribution in [0, 0.1) is 5.82 Å². The minimum Gasteiger partial charge on any atom is -0.361 e. The van der Waals surface area contributed by atoms with Gasteiger partial charge in [0.15, 0.2) is 5.82 Å². The highest BCUT2D eigenvalue weighted by atomic mass is 19.1. The summed E-state index contributed by atoms with van der Waals surface area (Å²) >= 11 is 0. The van der Waals surface area contributed by atoms with E-state index in [-0.39, 0.29) is 18.4 Å². The van der Waals surface area contributed by atoms with E-state index in [4.69, 9.17) is 0 Å². The van der Waals surface area contributed by atoms with Crippen molar-refractivity contribution < 1.29 is 14.0 Å². The molecular weight excluding hydrogens is 449 g/mol. The molecule has 4 aromatic rings. The van der Waals surface area contributed by atoms with Crippen LogP contribution in [0.4, 0.5) is 4.39 Å². The van der Waals surface area contributed by atoms with Gasteiger partial charge in [-0.3, -0.25) is 9.59 Å². The Morgan fingerprint density at radius 1 is 1.20 bits per heavy atom. The van der Waals surface area contributed by atoms with Gasteiger partial charge in [-0.05, 0) is 60.5 Å². The minimum absolute atomic E-state index is 0.0514. The maximum Gasteiger partial charge on any atom is 0.249 e. The van der Waals surface area contributed by atoms with Crippen molar-refractivity contribution in [3.05, 3.63) is 77.5 Å². The number of aromatic nitrogens is 5. The first kappa shape index (κ1) is 22.7. The van der Waals surface area contributed by atoms with Crippen molar-refractivity contribution in [3.8, 4) is 0 Å². The SMILES string of the molecule is CC(C)(C)NC(=O)[C@H](c1ccc(F)cc1)N1Cc2nnnn2[C@@H](Cc2c[nH]c3ccccc23)C1=O. The number of fused-ring (bicyclic) bond motifs is 2. The molecule has 3 heterocycles. The predicted octanol–water partition coefficient (Wildman–Crippen LogP) is 3.08. The van der Waals surface area contributed by atoms with Crippen molar-refractivity contribution in [2.24, 2.45) is 0 Å². The van der Waals surface area contributed by atoms with E-state index in [1.807, 2.05) is 51.2 Å². The molecular formula is C25H26FN7O2. The first-order chi connectivity index (χ1) is 16.7. The van der Waals surface area contributed by atoms with E-state index in [9.17, 15) is 14.0 Å². The van der Waals surface area contributed by atoms with Gasteiger partial charge in [0.1, 0.15) is 17.9 Å². The normalized spacial score (nSPS) is 16.9. The lowest BCUT2D eigenvalue weighted by Gasteiger charge is -2.38. The molecule has 1 aliphatic heterocycles. The number of carbonyl (C=O) groups is 2. The Balaban J connectivity index is 1.55. The number of H-pyrrole nitrogens is 1. The molecule has 180 valence electrons. The van der Waals surface area contributed by atoms with Crippen LogP contribution in [0.2, 0.25) is 0 Å². The van der Waals surface area contributed by atoms with Crippen LogP contribution in [-0.4, -0.2) is 47.4 Å². The summed E-state index contributed by atoms with van der Waals surface area (Å²) in [5.74, 6) is -0.586. The fourth-order valence-corrected chi connectivity index (χ4v) is 4.54. The molecule has 1 aliphatic rings. The Morgan fingerprint density at radius 2 is 1.94 bits per heavy atom. The van der Waals surface area contributed by atoms with E-state index in [1.54, 1.807) is 0 Å². The van der Waals surface area contributed by atoms with Crippen molar-refractivity contribution >= 4 is 22.7 Å². The van der Waals surface area contributed by atoms with E-state index in [0.29, 0.717) is 17.8 Å². The smallest absolute Gasteiger partial charge is 0.249 e. The molecule has 2 atom stereocenters. The van der Waals surface area contributed by atoms with Crippen molar-refractivity contribution in [3.63, 3.8) is 0 Å². The van der Waals surface area contributed by atoms with E-state index in [0.717, 1.165) is 16.5 Å². The van der Waals surface area contributed by atoms with Gasteiger partial charge in [-0.25, -0.2) is 9.07 Å². The number of nitrogens with zero attached hydrogens (tertiary/aromatic N) is 5. The van der Waals surface area contributed by atoms with Gasteiger partial charge < -0.3 is 15.2 Å². The lowest BCUT2D eigenvalue weighted by molar-refractivity contribution is -0.147. The van der Waals surface area contributed by atoms with Crippen LogP contribution < -0.4 is 5.32 Å². The molecule has 0 aliphatic carbocycles. The average Bonchev–Trinajstić information content (AvgIpc) is 3.43. The van der Waals surface area contributed by atoms with E-state index in [2.05, 4.69) is 25.8 Å². The van der Waals surface area contributed by atoms with Gasteiger partial charge in [0.2, 0.25) is 11.8 Å². The third-order valence-electron chi connectivity index (χ3n) is 6.07. The minimum atomic E-state index is -0.974. The second-order valence-electron chi connectivity index (χ2n) is 9.78. The number of tetrazole rings is 1. The summed E-state index contributed by atoms with van der Waals surface area (Å²) in [6.07, 6.45) is 2.22. The van der Waals surface area contributed by atoms with E-state index < -0.39 is 23.4 Å². The maximum atomic E-state index is 13.9. The molecule has 2 aromatic carbocycles. The predicted molar refractivity (Wildman–Crippen MR) is 126 cm³/mol. The van der Waals surface area contributed by atoms with Crippen LogP contribution >= 0.6 is 0 Å². The quantitative estimate of drug-likeness (QED) is 0.461. The highest BCUT2D eigenvalue weighted by Gasteiger charge is 2.42. The molecule has 0 saturated heterocycles. The zero-order valence-electron chi connectivity index (χ0n) is 19.7. The lowest BCUT2D eigenvalue weighted by Crippen LogP contribution is -2.52. The Kier molecular flexibility index (Phi) is 5.58. The molecule has 2 amide bonds. The molecule has 0 spiro atoms. The molecule has 0 radical (unpaired) electrons. The number of nitrogens with one attached hydrogen (secondary N) is 2. The third-order valence-corrected chi connectivity index (χ3v) is 6.07. The highest BCUT2D eigenvalue weighted by Crippen LogP contribution is 2.33. The van der Waals surface area contributed by atoms with Gasteiger partial charge in [0, 0.05) is 29.1 Å². The Labute approximate surface area is 201 Å². The van der Waals surface area contributed by atoms with Gasteiger partial charge in [-0.1, -0.05) is 30.3 Å². The molecule has 0 bridgehead atoms. The number of amides is 2. The third kappa shape index (κ3) is 4.39. The summed E-state index contributed by atoms with van der Waals surface area (Å²) in [4.78, 5) is 32.1. The zero-order chi connectivity index (χ0) is 24.7. The standard InChI is InChI=1S/C25H26FN7O2/c1-25(2,3)28-23(34)22(15-8-10-17(26)11-9-15)32-14-21-29-30-31-33(21)20(24(32)35)12-16-13-27-19-7-5-4-6-18(16)19/h4-11,13,20,22,27H,12,14H2,1-3H3,(H,28,34)/t20-,22-/m0/s1. The van der Waals surface area contributed by atoms with Crippen molar-refractivity contribution in [1.82, 2.24) is 35.4 Å². The summed E-state index contributed by atoms with van der Waals surface area (Å²) in [6, 6.07) is 11.8. The molecule has 35 heavy (non-hydrogen) atoms. The first-order valence-electron chi connectivity index (χ1n) is 11.4. The van der Waals surface area contributed by atoms with Gasteiger partial charge in [-0.2, -0.15) is 0 Å². The highest BCUT2D eigenvalue weighted by molar-refractivity contribution is 5.91. The molecule has 0 unspecified atom stereocenters. The molecule has 2 N–H and O–H groups in total. The van der Waals surface area contributed by atoms with Crippen molar-refractivity contribution in [1.29, 1.82) is 0 Å². The van der Waals surface area contributed by atoms with Gasteiger partial charge >= 0.3 is 0 Å². The number of para-hydroxylation sites is 1. The Bertz CT molecular complexity index is 1390. The molecule has 0 fully saturated rings. The molecule has 10 heteroatoms. The van der Waals surface area contributed by atoms with Crippen molar-refractivity contribution in [2.45, 2.75) is 51.4 Å². The molecule has 9 nitrogen and oxygen atoms in total. The number of aromatic amines is 1. The molecule has 5 rings (SSSR count). The van der Waals surface area contributed by atoms with Crippen molar-refractivity contribution in [2.75, 3.05) is 0 Å². The fraction of sp³-hybridized carbons (Fsp3) is 0.320. The van der Waals surface area contributed by atoms with E-state index >= 15 is 0 Å². The number of carbonyl (C=O) groups excluding carboxylic acids is 2. The van der Waals surface area contributed by atoms with Gasteiger partial charge in [0.05, 0.1) is 6.54 Å². The maximum absolute atomic E-state index is 13.9. The second kappa shape index (κ2) is 8.61. The van der Waals surface area contributed by atoms with E-state index in [1.165, 1.54) is 33.8 Å². The summed E-state index contributed by atoms with van der Waals surface area (Å²) in [7, 11) is 0. The Morgan fingerprint density at radius 3 is 2.69 bits per heavy atom. The summed E-state index contributed by atoms with van der Waals surface area (Å²) < 4.78 is 15.2. The fourth-order valence-electron chi connectivity index (χ4n) is 4.54. The van der Waals surface area contributed by atoms with Crippen LogP contribution in [0.1, 0.15) is 49.8 Å². The topological polar surface area (TPSA) is 109 Å². The van der Waals surface area contributed by atoms with Crippen LogP contribution in [0.15, 0.2) is 54.7 Å². The number of hydrogen-bond donors (Lipinski definition) is 2. The molecule has 2 aromatic heterocycles.